The number of amides is 2. The highest BCUT2D eigenvalue weighted by Crippen LogP contribution is 2.68. The molecule has 0 aliphatic heterocycles. The summed E-state index contributed by atoms with van der Waals surface area (Å²) in [5, 5.41) is 38.8. The van der Waals surface area contributed by atoms with E-state index < -0.39 is 12.2 Å². The van der Waals surface area contributed by atoms with Crippen LogP contribution in [0.25, 0.3) is 0 Å². The monoisotopic (exact) mass is 520 g/mol. The second-order valence-electron chi connectivity index (χ2n) is 13.6. The fraction of sp³-hybridized carbons (Fsp3) is 0.933. The molecule has 4 aliphatic carbocycles. The van der Waals surface area contributed by atoms with E-state index in [4.69, 9.17) is 0 Å². The standard InChI is InChI=1S/C30H52N2O5/c1-18(7-10-25(35)32-16-6-5-15-31-19(2)33)21-8-9-22-26-23(12-14-29(21,22)3)30(4)13-11-20(34)17-24(30)27(36)28(26)37/h18,20-24,26-28,34,36-37H,5-17H2,1-4H3,(H,31,33)(H,32,35)/t18-,20-,21-,22+,23+,24+,26+,27+,28+,29-,30-/m1/s1. The molecule has 212 valence electrons. The Morgan fingerprint density at radius 1 is 0.865 bits per heavy atom. The first-order chi connectivity index (χ1) is 17.5. The van der Waals surface area contributed by atoms with Crippen LogP contribution in [0.5, 0.6) is 0 Å². The lowest BCUT2D eigenvalue weighted by atomic mass is 9.43. The number of rotatable bonds is 9. The minimum Gasteiger partial charge on any atom is -0.393 e. The van der Waals surface area contributed by atoms with Crippen LogP contribution in [0.3, 0.4) is 0 Å². The third-order valence-corrected chi connectivity index (χ3v) is 11.6. The lowest BCUT2D eigenvalue weighted by Crippen LogP contribution is -2.64. The topological polar surface area (TPSA) is 119 Å². The number of carbonyl (C=O) groups is 2. The molecule has 7 nitrogen and oxygen atoms in total. The molecule has 0 spiro atoms. The van der Waals surface area contributed by atoms with E-state index in [0.717, 1.165) is 57.8 Å². The Bertz CT molecular complexity index is 822. The highest BCUT2D eigenvalue weighted by atomic mass is 16.3. The smallest absolute Gasteiger partial charge is 0.220 e. The molecule has 0 heterocycles. The molecule has 4 rings (SSSR count). The molecule has 0 radical (unpaired) electrons. The van der Waals surface area contributed by atoms with Gasteiger partial charge in [-0.3, -0.25) is 9.59 Å². The van der Waals surface area contributed by atoms with Crippen LogP contribution in [0.15, 0.2) is 0 Å². The van der Waals surface area contributed by atoms with Crippen molar-refractivity contribution in [3.05, 3.63) is 0 Å². The zero-order valence-electron chi connectivity index (χ0n) is 23.5. The van der Waals surface area contributed by atoms with Crippen molar-refractivity contribution in [3.8, 4) is 0 Å². The molecule has 37 heavy (non-hydrogen) atoms. The third kappa shape index (κ3) is 5.60. The molecule has 0 saturated heterocycles. The molecule has 2 amide bonds. The van der Waals surface area contributed by atoms with E-state index in [1.165, 1.54) is 6.92 Å². The minimum atomic E-state index is -0.748. The number of aliphatic hydroxyl groups excluding tert-OH is 3. The molecule has 0 bridgehead atoms. The largest absolute Gasteiger partial charge is 0.393 e. The van der Waals surface area contributed by atoms with Gasteiger partial charge in [0.15, 0.2) is 0 Å². The van der Waals surface area contributed by atoms with Crippen LogP contribution in [0, 0.1) is 46.3 Å². The van der Waals surface area contributed by atoms with Gasteiger partial charge in [-0.2, -0.15) is 0 Å². The summed E-state index contributed by atoms with van der Waals surface area (Å²) >= 11 is 0. The Hall–Kier alpha value is -1.18. The highest BCUT2D eigenvalue weighted by molar-refractivity contribution is 5.75. The molecule has 4 aliphatic rings. The van der Waals surface area contributed by atoms with Crippen molar-refractivity contribution >= 4 is 11.8 Å². The van der Waals surface area contributed by atoms with Gasteiger partial charge in [-0.25, -0.2) is 0 Å². The quantitative estimate of drug-likeness (QED) is 0.299. The average Bonchev–Trinajstić information content (AvgIpc) is 3.21. The summed E-state index contributed by atoms with van der Waals surface area (Å²) in [5.41, 5.74) is 0.132. The molecule has 11 atom stereocenters. The average molecular weight is 521 g/mol. The van der Waals surface area contributed by atoms with Gasteiger partial charge in [0, 0.05) is 26.4 Å². The summed E-state index contributed by atoms with van der Waals surface area (Å²) in [4.78, 5) is 23.4. The summed E-state index contributed by atoms with van der Waals surface area (Å²) in [6, 6.07) is 0. The van der Waals surface area contributed by atoms with Gasteiger partial charge in [0.2, 0.25) is 11.8 Å². The number of fused-ring (bicyclic) bond motifs is 5. The third-order valence-electron chi connectivity index (χ3n) is 11.6. The first-order valence-corrected chi connectivity index (χ1v) is 15.0. The van der Waals surface area contributed by atoms with Crippen LogP contribution in [0.2, 0.25) is 0 Å². The maximum absolute atomic E-state index is 12.5. The van der Waals surface area contributed by atoms with Gasteiger partial charge in [-0.1, -0.05) is 20.8 Å². The molecule has 5 N–H and O–H groups in total. The van der Waals surface area contributed by atoms with Gasteiger partial charge < -0.3 is 26.0 Å². The molecule has 0 aromatic heterocycles. The maximum Gasteiger partial charge on any atom is 0.220 e. The minimum absolute atomic E-state index is 0.00615. The van der Waals surface area contributed by atoms with Gasteiger partial charge >= 0.3 is 0 Å². The van der Waals surface area contributed by atoms with Crippen molar-refractivity contribution < 1.29 is 24.9 Å². The molecule has 0 aromatic rings. The fourth-order valence-corrected chi connectivity index (χ4v) is 9.61. The maximum atomic E-state index is 12.5. The zero-order valence-corrected chi connectivity index (χ0v) is 23.5. The second-order valence-corrected chi connectivity index (χ2v) is 13.6. The van der Waals surface area contributed by atoms with Crippen LogP contribution in [-0.4, -0.2) is 58.5 Å². The number of hydrogen-bond donors (Lipinski definition) is 5. The summed E-state index contributed by atoms with van der Waals surface area (Å²) in [6.07, 6.45) is 8.16. The molecular weight excluding hydrogens is 468 g/mol. The summed E-state index contributed by atoms with van der Waals surface area (Å²) < 4.78 is 0. The summed E-state index contributed by atoms with van der Waals surface area (Å²) in [6.45, 7) is 9.87. The van der Waals surface area contributed by atoms with Crippen molar-refractivity contribution in [2.75, 3.05) is 13.1 Å². The predicted octanol–water partition coefficient (Wildman–Crippen LogP) is 3.40. The Morgan fingerprint density at radius 2 is 1.51 bits per heavy atom. The Morgan fingerprint density at radius 3 is 2.22 bits per heavy atom. The molecule has 7 heteroatoms. The molecule has 0 unspecified atom stereocenters. The van der Waals surface area contributed by atoms with Crippen LogP contribution in [-0.2, 0) is 9.59 Å². The molecule has 4 fully saturated rings. The lowest BCUT2D eigenvalue weighted by Gasteiger charge is -2.63. The van der Waals surface area contributed by atoms with Gasteiger partial charge in [0.25, 0.3) is 0 Å². The first-order valence-electron chi connectivity index (χ1n) is 15.0. The Balaban J connectivity index is 1.33. The summed E-state index contributed by atoms with van der Waals surface area (Å²) in [5.74, 6) is 2.00. The Kier molecular flexibility index (Phi) is 8.97. The van der Waals surface area contributed by atoms with E-state index in [-0.39, 0.29) is 40.6 Å². The summed E-state index contributed by atoms with van der Waals surface area (Å²) in [7, 11) is 0. The normalized spacial score (nSPS) is 43.8. The van der Waals surface area contributed by atoms with Crippen molar-refractivity contribution in [2.24, 2.45) is 46.3 Å². The van der Waals surface area contributed by atoms with Crippen LogP contribution in [0.1, 0.15) is 98.3 Å². The highest BCUT2D eigenvalue weighted by Gasteiger charge is 2.65. The SMILES string of the molecule is CC(=O)NCCCCNC(=O)CC[C@@H](C)[C@H]1CC[C@H]2[C@@H]3[C@H](O)[C@@H](O)[C@@H]4C[C@H](O)CC[C@]4(C)[C@H]3CC[C@]12C. The van der Waals surface area contributed by atoms with E-state index in [9.17, 15) is 24.9 Å². The number of nitrogens with one attached hydrogen (secondary N) is 2. The predicted molar refractivity (Wildman–Crippen MR) is 143 cm³/mol. The first kappa shape index (κ1) is 28.8. The van der Waals surface area contributed by atoms with Crippen LogP contribution >= 0.6 is 0 Å². The lowest BCUT2D eigenvalue weighted by molar-refractivity contribution is -0.223. The number of unbranched alkanes of at least 4 members (excludes halogenated alkanes) is 1. The van der Waals surface area contributed by atoms with Crippen molar-refractivity contribution in [2.45, 2.75) is 117 Å². The van der Waals surface area contributed by atoms with Crippen molar-refractivity contribution in [3.63, 3.8) is 0 Å². The molecular formula is C30H52N2O5. The van der Waals surface area contributed by atoms with Crippen LogP contribution in [0.4, 0.5) is 0 Å². The fourth-order valence-electron chi connectivity index (χ4n) is 9.61. The van der Waals surface area contributed by atoms with Gasteiger partial charge in [0.1, 0.15) is 0 Å². The van der Waals surface area contributed by atoms with Crippen molar-refractivity contribution in [1.29, 1.82) is 0 Å². The van der Waals surface area contributed by atoms with Gasteiger partial charge in [-0.15, -0.1) is 0 Å². The molecule has 4 saturated carbocycles. The van der Waals surface area contributed by atoms with E-state index in [2.05, 4.69) is 31.4 Å². The van der Waals surface area contributed by atoms with E-state index in [1.807, 2.05) is 0 Å². The van der Waals surface area contributed by atoms with Crippen LogP contribution < -0.4 is 10.6 Å². The number of carbonyl (C=O) groups excluding carboxylic acids is 2. The van der Waals surface area contributed by atoms with Gasteiger partial charge in [0.05, 0.1) is 18.3 Å². The zero-order chi connectivity index (χ0) is 27.0. The van der Waals surface area contributed by atoms with E-state index in [0.29, 0.717) is 49.6 Å². The number of hydrogen-bond acceptors (Lipinski definition) is 5. The van der Waals surface area contributed by atoms with Gasteiger partial charge in [-0.05, 0) is 111 Å². The number of aliphatic hydroxyl groups is 3. The Labute approximate surface area is 223 Å². The van der Waals surface area contributed by atoms with Crippen molar-refractivity contribution in [1.82, 2.24) is 10.6 Å². The second kappa shape index (κ2) is 11.5. The molecule has 0 aromatic carbocycles. The van der Waals surface area contributed by atoms with E-state index >= 15 is 0 Å². The van der Waals surface area contributed by atoms with E-state index in [1.54, 1.807) is 0 Å².